The van der Waals surface area contributed by atoms with Crippen molar-refractivity contribution in [1.82, 2.24) is 0 Å². The van der Waals surface area contributed by atoms with Gasteiger partial charge in [-0.15, -0.1) is 0 Å². The molecule has 5 nitrogen and oxygen atoms in total. The molecule has 0 fully saturated rings. The number of rotatable bonds is 4. The van der Waals surface area contributed by atoms with Crippen molar-refractivity contribution in [3.63, 3.8) is 0 Å². The molecule has 1 aromatic carbocycles. The summed E-state index contributed by atoms with van der Waals surface area (Å²) < 4.78 is 5.24. The van der Waals surface area contributed by atoms with E-state index in [1.54, 1.807) is 31.5 Å². The van der Waals surface area contributed by atoms with Crippen LogP contribution in [0.25, 0.3) is 0 Å². The first-order valence-corrected chi connectivity index (χ1v) is 5.44. The number of carboxylic acid groups (broad SMARTS) is 1. The van der Waals surface area contributed by atoms with Gasteiger partial charge in [-0.3, -0.25) is 0 Å². The van der Waals surface area contributed by atoms with E-state index in [0.717, 1.165) is 5.76 Å². The van der Waals surface area contributed by atoms with Gasteiger partial charge in [0.25, 0.3) is 0 Å². The number of carboxylic acids is 1. The molecular formula is C13H14N2O3. The van der Waals surface area contributed by atoms with E-state index in [2.05, 4.69) is 0 Å². The molecule has 18 heavy (non-hydrogen) atoms. The summed E-state index contributed by atoms with van der Waals surface area (Å²) in [5.41, 5.74) is 6.82. The van der Waals surface area contributed by atoms with Crippen LogP contribution in [0.4, 0.5) is 11.4 Å². The van der Waals surface area contributed by atoms with Crippen molar-refractivity contribution in [1.29, 1.82) is 0 Å². The lowest BCUT2D eigenvalue weighted by Gasteiger charge is -2.20. The SMILES string of the molecule is CN(Cc1ccco1)c1ccc(N)cc1C(=O)O. The van der Waals surface area contributed by atoms with Gasteiger partial charge in [0.15, 0.2) is 0 Å². The molecule has 2 rings (SSSR count). The Labute approximate surface area is 104 Å². The standard InChI is InChI=1S/C13H14N2O3/c1-15(8-10-3-2-6-18-10)12-5-4-9(14)7-11(12)13(16)17/h2-7H,8,14H2,1H3,(H,16,17). The first kappa shape index (κ1) is 12.0. The second-order valence-corrected chi connectivity index (χ2v) is 4.02. The maximum absolute atomic E-state index is 11.2. The number of nitrogens with two attached hydrogens (primary N) is 1. The predicted molar refractivity (Wildman–Crippen MR) is 68.6 cm³/mol. The first-order chi connectivity index (χ1) is 8.58. The van der Waals surface area contributed by atoms with E-state index in [1.165, 1.54) is 6.07 Å². The van der Waals surface area contributed by atoms with E-state index in [4.69, 9.17) is 15.3 Å². The zero-order valence-electron chi connectivity index (χ0n) is 9.96. The molecule has 2 aromatic rings. The lowest BCUT2D eigenvalue weighted by Crippen LogP contribution is -2.19. The number of aromatic carboxylic acids is 1. The van der Waals surface area contributed by atoms with Gasteiger partial charge in [0.05, 0.1) is 24.1 Å². The fraction of sp³-hybridized carbons (Fsp3) is 0.154. The maximum atomic E-state index is 11.2. The number of anilines is 2. The number of furan rings is 1. The Morgan fingerprint density at radius 3 is 2.83 bits per heavy atom. The van der Waals surface area contributed by atoms with Crippen molar-refractivity contribution in [2.75, 3.05) is 17.7 Å². The molecule has 0 saturated heterocycles. The van der Waals surface area contributed by atoms with Gasteiger partial charge in [0.2, 0.25) is 0 Å². The fourth-order valence-corrected chi connectivity index (χ4v) is 1.78. The monoisotopic (exact) mass is 246 g/mol. The largest absolute Gasteiger partial charge is 0.478 e. The molecule has 3 N–H and O–H groups in total. The predicted octanol–water partition coefficient (Wildman–Crippen LogP) is 2.20. The van der Waals surface area contributed by atoms with E-state index in [0.29, 0.717) is 17.9 Å². The first-order valence-electron chi connectivity index (χ1n) is 5.44. The van der Waals surface area contributed by atoms with Crippen LogP contribution in [0.2, 0.25) is 0 Å². The Bertz CT molecular complexity index is 549. The topological polar surface area (TPSA) is 79.7 Å². The molecule has 1 aromatic heterocycles. The van der Waals surface area contributed by atoms with Gasteiger partial charge in [-0.05, 0) is 30.3 Å². The normalized spacial score (nSPS) is 10.3. The van der Waals surface area contributed by atoms with Crippen LogP contribution >= 0.6 is 0 Å². The molecule has 0 bridgehead atoms. The molecule has 0 spiro atoms. The summed E-state index contributed by atoms with van der Waals surface area (Å²) in [6.07, 6.45) is 1.59. The number of benzene rings is 1. The van der Waals surface area contributed by atoms with Crippen molar-refractivity contribution in [3.05, 3.63) is 47.9 Å². The van der Waals surface area contributed by atoms with Crippen molar-refractivity contribution in [2.45, 2.75) is 6.54 Å². The van der Waals surface area contributed by atoms with Gasteiger partial charge in [0.1, 0.15) is 5.76 Å². The third kappa shape index (κ3) is 2.45. The van der Waals surface area contributed by atoms with Gasteiger partial charge >= 0.3 is 5.97 Å². The summed E-state index contributed by atoms with van der Waals surface area (Å²) >= 11 is 0. The number of hydrogen-bond acceptors (Lipinski definition) is 4. The molecule has 0 amide bonds. The highest BCUT2D eigenvalue weighted by Crippen LogP contribution is 2.23. The molecular weight excluding hydrogens is 232 g/mol. The molecule has 0 atom stereocenters. The second kappa shape index (κ2) is 4.83. The Kier molecular flexibility index (Phi) is 3.23. The van der Waals surface area contributed by atoms with Gasteiger partial charge < -0.3 is 20.2 Å². The van der Waals surface area contributed by atoms with E-state index in [-0.39, 0.29) is 5.56 Å². The Morgan fingerprint density at radius 1 is 1.44 bits per heavy atom. The Hall–Kier alpha value is -2.43. The third-order valence-corrected chi connectivity index (χ3v) is 2.64. The van der Waals surface area contributed by atoms with Crippen LogP contribution < -0.4 is 10.6 Å². The molecule has 1 heterocycles. The van der Waals surface area contributed by atoms with Gasteiger partial charge in [-0.2, -0.15) is 0 Å². The molecule has 0 aliphatic carbocycles. The van der Waals surface area contributed by atoms with E-state index in [1.807, 2.05) is 11.0 Å². The molecule has 0 aliphatic heterocycles. The molecule has 5 heteroatoms. The van der Waals surface area contributed by atoms with E-state index < -0.39 is 5.97 Å². The average molecular weight is 246 g/mol. The zero-order chi connectivity index (χ0) is 13.1. The summed E-state index contributed by atoms with van der Waals surface area (Å²) in [6, 6.07) is 8.47. The summed E-state index contributed by atoms with van der Waals surface area (Å²) in [4.78, 5) is 13.0. The highest BCUT2D eigenvalue weighted by atomic mass is 16.4. The lowest BCUT2D eigenvalue weighted by molar-refractivity contribution is 0.0697. The fourth-order valence-electron chi connectivity index (χ4n) is 1.78. The highest BCUT2D eigenvalue weighted by Gasteiger charge is 2.14. The molecule has 94 valence electrons. The minimum Gasteiger partial charge on any atom is -0.478 e. The maximum Gasteiger partial charge on any atom is 0.337 e. The van der Waals surface area contributed by atoms with Crippen molar-refractivity contribution in [3.8, 4) is 0 Å². The van der Waals surface area contributed by atoms with Crippen LogP contribution in [0.1, 0.15) is 16.1 Å². The van der Waals surface area contributed by atoms with Crippen molar-refractivity contribution >= 4 is 17.3 Å². The van der Waals surface area contributed by atoms with Crippen LogP contribution in [0.3, 0.4) is 0 Å². The number of hydrogen-bond donors (Lipinski definition) is 2. The van der Waals surface area contributed by atoms with Gasteiger partial charge in [-0.1, -0.05) is 0 Å². The summed E-state index contributed by atoms with van der Waals surface area (Å²) in [5, 5.41) is 9.16. The molecule has 0 radical (unpaired) electrons. The van der Waals surface area contributed by atoms with Gasteiger partial charge in [-0.25, -0.2) is 4.79 Å². The smallest absolute Gasteiger partial charge is 0.337 e. The van der Waals surface area contributed by atoms with Crippen molar-refractivity contribution < 1.29 is 14.3 Å². The van der Waals surface area contributed by atoms with E-state index >= 15 is 0 Å². The number of nitrogen functional groups attached to an aromatic ring is 1. The minimum absolute atomic E-state index is 0.184. The molecule has 0 aliphatic rings. The van der Waals surface area contributed by atoms with Gasteiger partial charge in [0, 0.05) is 12.7 Å². The second-order valence-electron chi connectivity index (χ2n) is 4.02. The van der Waals surface area contributed by atoms with Crippen LogP contribution in [0.15, 0.2) is 41.0 Å². The summed E-state index contributed by atoms with van der Waals surface area (Å²) in [6.45, 7) is 0.497. The number of carbonyl (C=O) groups is 1. The van der Waals surface area contributed by atoms with Crippen LogP contribution in [-0.2, 0) is 6.54 Å². The van der Waals surface area contributed by atoms with Crippen LogP contribution in [-0.4, -0.2) is 18.1 Å². The number of nitrogens with zero attached hydrogens (tertiary/aromatic N) is 1. The van der Waals surface area contributed by atoms with Crippen LogP contribution in [0, 0.1) is 0 Å². The Balaban J connectivity index is 2.29. The zero-order valence-corrected chi connectivity index (χ0v) is 9.96. The highest BCUT2D eigenvalue weighted by molar-refractivity contribution is 5.95. The summed E-state index contributed by atoms with van der Waals surface area (Å²) in [5.74, 6) is -0.228. The lowest BCUT2D eigenvalue weighted by atomic mass is 10.1. The third-order valence-electron chi connectivity index (χ3n) is 2.64. The molecule has 0 unspecified atom stereocenters. The van der Waals surface area contributed by atoms with E-state index in [9.17, 15) is 4.79 Å². The minimum atomic E-state index is -0.997. The quantitative estimate of drug-likeness (QED) is 0.808. The van der Waals surface area contributed by atoms with Crippen LogP contribution in [0.5, 0.6) is 0 Å². The average Bonchev–Trinajstić information content (AvgIpc) is 2.81. The molecule has 0 saturated carbocycles. The Morgan fingerprint density at radius 2 is 2.22 bits per heavy atom. The van der Waals surface area contributed by atoms with Crippen molar-refractivity contribution in [2.24, 2.45) is 0 Å². The summed E-state index contributed by atoms with van der Waals surface area (Å²) in [7, 11) is 1.81.